The molecule has 1 fully saturated rings. The molecular formula is C34H45N7. The van der Waals surface area contributed by atoms with E-state index in [0.717, 1.165) is 73.9 Å². The van der Waals surface area contributed by atoms with Crippen LogP contribution in [-0.4, -0.2) is 55.1 Å². The van der Waals surface area contributed by atoms with Gasteiger partial charge in [-0.15, -0.1) is 0 Å². The normalized spacial score (nSPS) is 15.2. The topological polar surface area (TPSA) is 68.3 Å². The van der Waals surface area contributed by atoms with Crippen molar-refractivity contribution in [3.8, 4) is 0 Å². The molecule has 0 unspecified atom stereocenters. The molecule has 1 aliphatic carbocycles. The second-order valence-electron chi connectivity index (χ2n) is 10.5. The third kappa shape index (κ3) is 8.21. The summed E-state index contributed by atoms with van der Waals surface area (Å²) in [6.45, 7) is 13.3. The first-order valence-electron chi connectivity index (χ1n) is 14.7. The molecule has 1 saturated heterocycles. The van der Waals surface area contributed by atoms with E-state index in [1.54, 1.807) is 12.2 Å². The first kappa shape index (κ1) is 29.9. The fourth-order valence-corrected chi connectivity index (χ4v) is 5.09. The number of allylic oxidation sites excluding steroid dienone is 4. The van der Waals surface area contributed by atoms with Crippen LogP contribution in [0.25, 0.3) is 5.57 Å². The number of anilines is 6. The predicted octanol–water partition coefficient (Wildman–Crippen LogP) is 7.64. The van der Waals surface area contributed by atoms with E-state index in [-0.39, 0.29) is 0 Å². The van der Waals surface area contributed by atoms with E-state index in [4.69, 9.17) is 9.97 Å². The van der Waals surface area contributed by atoms with Crippen molar-refractivity contribution >= 4 is 40.1 Å². The summed E-state index contributed by atoms with van der Waals surface area (Å²) in [4.78, 5) is 14.6. The molecule has 0 saturated carbocycles. The molecule has 0 amide bonds. The summed E-state index contributed by atoms with van der Waals surface area (Å²) in [5, 5.41) is 10.3. The Labute approximate surface area is 246 Å². The van der Waals surface area contributed by atoms with E-state index >= 15 is 0 Å². The lowest BCUT2D eigenvalue weighted by atomic mass is 9.95. The number of nitrogens with one attached hydrogen (secondary N) is 3. The summed E-state index contributed by atoms with van der Waals surface area (Å²) in [6, 6.07) is 15.0. The third-order valence-corrected chi connectivity index (χ3v) is 7.61. The Morgan fingerprint density at radius 2 is 1.66 bits per heavy atom. The molecule has 216 valence electrons. The maximum atomic E-state index is 4.97. The van der Waals surface area contributed by atoms with Gasteiger partial charge in [-0.25, -0.2) is 4.98 Å². The standard InChI is InChI=1S/C30H39N7.C4H6/c1-4-22-20-26(37-18-16-36(3)17-19-37)14-15-28(22)34-30-32-21-27(23-8-6-5-7-9-23)29(35-30)33-25-12-10-24(31-2)11-13-25;1-3-4-2/h8,10-15,20-21,31H,4-7,9,16-19H2,1-3H3,(H2,32,33,34,35);3-4H,1-2H2. The van der Waals surface area contributed by atoms with Crippen LogP contribution in [0.1, 0.15) is 43.7 Å². The molecule has 0 spiro atoms. The first-order valence-corrected chi connectivity index (χ1v) is 14.7. The van der Waals surface area contributed by atoms with Gasteiger partial charge in [-0.1, -0.05) is 38.3 Å². The van der Waals surface area contributed by atoms with Crippen molar-refractivity contribution in [2.24, 2.45) is 0 Å². The molecule has 0 radical (unpaired) electrons. The molecule has 1 aromatic heterocycles. The average molecular weight is 552 g/mol. The summed E-state index contributed by atoms with van der Waals surface area (Å²) < 4.78 is 0. The van der Waals surface area contributed by atoms with Crippen LogP contribution in [0.2, 0.25) is 0 Å². The lowest BCUT2D eigenvalue weighted by Crippen LogP contribution is -2.44. The Hall–Kier alpha value is -4.10. The van der Waals surface area contributed by atoms with Crippen LogP contribution < -0.4 is 20.9 Å². The van der Waals surface area contributed by atoms with E-state index < -0.39 is 0 Å². The molecule has 7 nitrogen and oxygen atoms in total. The highest BCUT2D eigenvalue weighted by atomic mass is 15.2. The fourth-order valence-electron chi connectivity index (χ4n) is 5.09. The van der Waals surface area contributed by atoms with Crippen molar-refractivity contribution in [3.63, 3.8) is 0 Å². The van der Waals surface area contributed by atoms with Gasteiger partial charge in [0.25, 0.3) is 0 Å². The smallest absolute Gasteiger partial charge is 0.229 e. The Morgan fingerprint density at radius 3 is 2.29 bits per heavy atom. The van der Waals surface area contributed by atoms with Crippen LogP contribution in [0.4, 0.5) is 34.5 Å². The van der Waals surface area contributed by atoms with Gasteiger partial charge in [-0.05, 0) is 92.8 Å². The Balaban J connectivity index is 0.000000909. The van der Waals surface area contributed by atoms with E-state index in [1.165, 1.54) is 29.7 Å². The summed E-state index contributed by atoms with van der Waals surface area (Å²) >= 11 is 0. The minimum atomic E-state index is 0.608. The molecule has 0 bridgehead atoms. The number of benzene rings is 2. The van der Waals surface area contributed by atoms with Crippen LogP contribution in [0.15, 0.2) is 80.0 Å². The number of hydrogen-bond acceptors (Lipinski definition) is 7. The second-order valence-corrected chi connectivity index (χ2v) is 10.5. The lowest BCUT2D eigenvalue weighted by Gasteiger charge is -2.34. The van der Waals surface area contributed by atoms with Gasteiger partial charge in [-0.3, -0.25) is 0 Å². The van der Waals surface area contributed by atoms with Crippen LogP contribution in [-0.2, 0) is 6.42 Å². The van der Waals surface area contributed by atoms with Gasteiger partial charge in [0.1, 0.15) is 5.82 Å². The van der Waals surface area contributed by atoms with Gasteiger partial charge >= 0.3 is 0 Å². The summed E-state index contributed by atoms with van der Waals surface area (Å²) in [5.41, 5.74) is 8.14. The van der Waals surface area contributed by atoms with E-state index in [0.29, 0.717) is 5.95 Å². The molecule has 2 heterocycles. The predicted molar refractivity (Wildman–Crippen MR) is 177 cm³/mol. The Kier molecular flexibility index (Phi) is 11.0. The van der Waals surface area contributed by atoms with Gasteiger partial charge < -0.3 is 25.8 Å². The highest BCUT2D eigenvalue weighted by Gasteiger charge is 2.17. The van der Waals surface area contributed by atoms with E-state index in [9.17, 15) is 0 Å². The van der Waals surface area contributed by atoms with Gasteiger partial charge in [0.05, 0.1) is 0 Å². The highest BCUT2D eigenvalue weighted by molar-refractivity contribution is 5.78. The molecule has 3 N–H and O–H groups in total. The number of piperazine rings is 1. The maximum absolute atomic E-state index is 4.97. The SMILES string of the molecule is C=CC=C.CCc1cc(N2CCN(C)CC2)ccc1Nc1ncc(C2=CCCCC2)c(Nc2ccc(NC)cc2)n1. The van der Waals surface area contributed by atoms with Crippen LogP contribution in [0.5, 0.6) is 0 Å². The van der Waals surface area contributed by atoms with Crippen LogP contribution in [0, 0.1) is 0 Å². The lowest BCUT2D eigenvalue weighted by molar-refractivity contribution is 0.313. The zero-order valence-corrected chi connectivity index (χ0v) is 24.9. The van der Waals surface area contributed by atoms with Crippen molar-refractivity contribution < 1.29 is 0 Å². The molecule has 5 rings (SSSR count). The molecule has 7 heteroatoms. The van der Waals surface area contributed by atoms with Gasteiger partial charge in [0.2, 0.25) is 5.95 Å². The van der Waals surface area contributed by atoms with Crippen molar-refractivity contribution in [3.05, 3.63) is 91.2 Å². The molecular weight excluding hydrogens is 506 g/mol. The minimum absolute atomic E-state index is 0.608. The first-order chi connectivity index (χ1) is 20.0. The van der Waals surface area contributed by atoms with Crippen molar-refractivity contribution in [2.75, 3.05) is 61.1 Å². The van der Waals surface area contributed by atoms with Gasteiger partial charge in [0, 0.05) is 67.7 Å². The highest BCUT2D eigenvalue weighted by Crippen LogP contribution is 2.33. The molecule has 3 aromatic rings. The molecule has 0 atom stereocenters. The molecule has 41 heavy (non-hydrogen) atoms. The van der Waals surface area contributed by atoms with Crippen molar-refractivity contribution in [1.82, 2.24) is 14.9 Å². The van der Waals surface area contributed by atoms with E-state index in [1.807, 2.05) is 13.2 Å². The summed E-state index contributed by atoms with van der Waals surface area (Å²) in [7, 11) is 4.12. The van der Waals surface area contributed by atoms with Gasteiger partial charge in [-0.2, -0.15) is 4.98 Å². The number of rotatable bonds is 9. The Morgan fingerprint density at radius 1 is 0.927 bits per heavy atom. The van der Waals surface area contributed by atoms with Crippen LogP contribution in [0.3, 0.4) is 0 Å². The molecule has 1 aliphatic heterocycles. The summed E-state index contributed by atoms with van der Waals surface area (Å²) in [5.74, 6) is 1.45. The maximum Gasteiger partial charge on any atom is 0.229 e. The van der Waals surface area contributed by atoms with Crippen molar-refractivity contribution in [2.45, 2.75) is 39.0 Å². The summed E-state index contributed by atoms with van der Waals surface area (Å²) in [6.07, 6.45) is 13.2. The number of hydrogen-bond donors (Lipinski definition) is 3. The average Bonchev–Trinajstić information content (AvgIpc) is 3.03. The Bertz CT molecular complexity index is 1320. The number of aromatic nitrogens is 2. The minimum Gasteiger partial charge on any atom is -0.388 e. The quantitative estimate of drug-likeness (QED) is 0.236. The zero-order valence-electron chi connectivity index (χ0n) is 24.9. The zero-order chi connectivity index (χ0) is 29.0. The van der Waals surface area contributed by atoms with E-state index in [2.05, 4.69) is 101 Å². The molecule has 2 aromatic carbocycles. The van der Waals surface area contributed by atoms with Crippen molar-refractivity contribution in [1.29, 1.82) is 0 Å². The second kappa shape index (κ2) is 15.1. The number of aryl methyl sites for hydroxylation is 1. The monoisotopic (exact) mass is 551 g/mol. The number of nitrogens with zero attached hydrogens (tertiary/aromatic N) is 4. The third-order valence-electron chi connectivity index (χ3n) is 7.61. The fraction of sp³-hybridized carbons (Fsp3) is 0.353. The van der Waals surface area contributed by atoms with Gasteiger partial charge in [0.15, 0.2) is 0 Å². The van der Waals surface area contributed by atoms with Crippen LogP contribution >= 0.6 is 0 Å². The largest absolute Gasteiger partial charge is 0.388 e. The molecule has 2 aliphatic rings. The number of likely N-dealkylation sites (N-methyl/N-ethyl adjacent to an activating group) is 1.